The summed E-state index contributed by atoms with van der Waals surface area (Å²) in [6.07, 6.45) is 0. The molecule has 124 valence electrons. The number of rotatable bonds is 5. The molecule has 0 unspecified atom stereocenters. The van der Waals surface area contributed by atoms with E-state index < -0.39 is 0 Å². The lowest BCUT2D eigenvalue weighted by Crippen LogP contribution is -2.14. The molecule has 6 nitrogen and oxygen atoms in total. The molecule has 0 aliphatic heterocycles. The van der Waals surface area contributed by atoms with Gasteiger partial charge in [-0.2, -0.15) is 5.26 Å². The lowest BCUT2D eigenvalue weighted by Gasteiger charge is -2.03. The summed E-state index contributed by atoms with van der Waals surface area (Å²) in [5.41, 5.74) is 1.94. The standard InChI is InChI=1S/C17H12ClN5OS/c18-13-6-4-12(5-7-13)16-21-17(23-22-16)25-10-15(24)20-14-3-1-2-11(8-14)9-19/h1-8H,10H2,(H,20,24)(H,21,22,23). The van der Waals surface area contributed by atoms with Gasteiger partial charge in [0.1, 0.15) is 0 Å². The topological polar surface area (TPSA) is 94.5 Å². The number of nitrogens with one attached hydrogen (secondary N) is 2. The van der Waals surface area contributed by atoms with Gasteiger partial charge in [-0.05, 0) is 42.5 Å². The van der Waals surface area contributed by atoms with Crippen molar-refractivity contribution in [2.24, 2.45) is 0 Å². The molecule has 0 atom stereocenters. The van der Waals surface area contributed by atoms with Gasteiger partial charge in [0, 0.05) is 16.3 Å². The van der Waals surface area contributed by atoms with E-state index in [-0.39, 0.29) is 11.7 Å². The number of H-pyrrole nitrogens is 1. The number of nitrogens with zero attached hydrogens (tertiary/aromatic N) is 3. The highest BCUT2D eigenvalue weighted by Gasteiger charge is 2.09. The number of anilines is 1. The summed E-state index contributed by atoms with van der Waals surface area (Å²) in [5.74, 6) is 0.577. The first kappa shape index (κ1) is 17.0. The van der Waals surface area contributed by atoms with E-state index in [1.807, 2.05) is 18.2 Å². The summed E-state index contributed by atoms with van der Waals surface area (Å²) in [4.78, 5) is 16.4. The van der Waals surface area contributed by atoms with E-state index in [2.05, 4.69) is 20.5 Å². The monoisotopic (exact) mass is 369 g/mol. The predicted molar refractivity (Wildman–Crippen MR) is 97.3 cm³/mol. The van der Waals surface area contributed by atoms with Gasteiger partial charge in [0.15, 0.2) is 5.82 Å². The highest BCUT2D eigenvalue weighted by atomic mass is 35.5. The molecule has 3 rings (SSSR count). The smallest absolute Gasteiger partial charge is 0.234 e. The zero-order valence-electron chi connectivity index (χ0n) is 12.9. The normalized spacial score (nSPS) is 10.2. The molecule has 1 amide bonds. The van der Waals surface area contributed by atoms with Crippen molar-refractivity contribution >= 4 is 35.0 Å². The molecule has 1 aromatic heterocycles. The predicted octanol–water partition coefficient (Wildman–Crippen LogP) is 3.73. The lowest BCUT2D eigenvalue weighted by atomic mass is 10.2. The van der Waals surface area contributed by atoms with E-state index in [0.29, 0.717) is 27.3 Å². The summed E-state index contributed by atoms with van der Waals surface area (Å²) >= 11 is 7.08. The van der Waals surface area contributed by atoms with E-state index in [9.17, 15) is 4.79 Å². The van der Waals surface area contributed by atoms with E-state index in [1.165, 1.54) is 11.8 Å². The van der Waals surface area contributed by atoms with E-state index >= 15 is 0 Å². The van der Waals surface area contributed by atoms with Crippen LogP contribution in [0.4, 0.5) is 5.69 Å². The number of halogens is 1. The number of carbonyl (C=O) groups is 1. The minimum Gasteiger partial charge on any atom is -0.325 e. The van der Waals surface area contributed by atoms with Crippen molar-refractivity contribution in [1.29, 1.82) is 5.26 Å². The quantitative estimate of drug-likeness (QED) is 0.668. The minimum atomic E-state index is -0.196. The lowest BCUT2D eigenvalue weighted by molar-refractivity contribution is -0.113. The summed E-state index contributed by atoms with van der Waals surface area (Å²) < 4.78 is 0. The third-order valence-corrected chi connectivity index (χ3v) is 4.29. The maximum atomic E-state index is 12.0. The van der Waals surface area contributed by atoms with Crippen molar-refractivity contribution in [2.45, 2.75) is 5.16 Å². The molecule has 0 saturated carbocycles. The van der Waals surface area contributed by atoms with E-state index in [0.717, 1.165) is 5.56 Å². The van der Waals surface area contributed by atoms with Crippen LogP contribution < -0.4 is 5.32 Å². The fraction of sp³-hybridized carbons (Fsp3) is 0.0588. The highest BCUT2D eigenvalue weighted by Crippen LogP contribution is 2.21. The van der Waals surface area contributed by atoms with Gasteiger partial charge in [-0.1, -0.05) is 29.4 Å². The van der Waals surface area contributed by atoms with Crippen LogP contribution in [0.15, 0.2) is 53.7 Å². The molecule has 3 aromatic rings. The van der Waals surface area contributed by atoms with Crippen molar-refractivity contribution < 1.29 is 4.79 Å². The maximum absolute atomic E-state index is 12.0. The molecule has 0 aliphatic carbocycles. The Bertz CT molecular complexity index is 933. The molecular weight excluding hydrogens is 358 g/mol. The molecule has 0 fully saturated rings. The Kier molecular flexibility index (Phi) is 5.33. The van der Waals surface area contributed by atoms with Gasteiger partial charge in [0.2, 0.25) is 11.1 Å². The maximum Gasteiger partial charge on any atom is 0.234 e. The third-order valence-electron chi connectivity index (χ3n) is 3.19. The molecule has 0 radical (unpaired) electrons. The number of carbonyl (C=O) groups excluding carboxylic acids is 1. The fourth-order valence-electron chi connectivity index (χ4n) is 2.04. The largest absolute Gasteiger partial charge is 0.325 e. The summed E-state index contributed by atoms with van der Waals surface area (Å²) in [6, 6.07) is 16.0. The Morgan fingerprint density at radius 2 is 2.08 bits per heavy atom. The molecule has 0 spiro atoms. The van der Waals surface area contributed by atoms with Crippen LogP contribution in [-0.4, -0.2) is 26.8 Å². The van der Waals surface area contributed by atoms with Crippen LogP contribution in [0.2, 0.25) is 5.02 Å². The number of aromatic nitrogens is 3. The molecule has 0 bridgehead atoms. The number of benzene rings is 2. The summed E-state index contributed by atoms with van der Waals surface area (Å²) in [5, 5.41) is 19.7. The van der Waals surface area contributed by atoms with Crippen LogP contribution in [0, 0.1) is 11.3 Å². The second-order valence-corrected chi connectivity index (χ2v) is 6.38. The van der Waals surface area contributed by atoms with Crippen LogP contribution in [0.5, 0.6) is 0 Å². The van der Waals surface area contributed by atoms with Crippen LogP contribution in [-0.2, 0) is 4.79 Å². The average molecular weight is 370 g/mol. The van der Waals surface area contributed by atoms with E-state index in [1.54, 1.807) is 36.4 Å². The van der Waals surface area contributed by atoms with Gasteiger partial charge in [0.05, 0.1) is 17.4 Å². The Morgan fingerprint density at radius 3 is 2.84 bits per heavy atom. The number of thioether (sulfide) groups is 1. The summed E-state index contributed by atoms with van der Waals surface area (Å²) in [7, 11) is 0. The molecule has 8 heteroatoms. The van der Waals surface area contributed by atoms with Crippen molar-refractivity contribution in [3.63, 3.8) is 0 Å². The van der Waals surface area contributed by atoms with E-state index in [4.69, 9.17) is 16.9 Å². The highest BCUT2D eigenvalue weighted by molar-refractivity contribution is 7.99. The summed E-state index contributed by atoms with van der Waals surface area (Å²) in [6.45, 7) is 0. The molecule has 1 heterocycles. The molecule has 25 heavy (non-hydrogen) atoms. The Balaban J connectivity index is 1.57. The second kappa shape index (κ2) is 7.83. The number of hydrogen-bond donors (Lipinski definition) is 2. The average Bonchev–Trinajstić information content (AvgIpc) is 3.10. The van der Waals surface area contributed by atoms with Crippen molar-refractivity contribution in [3.05, 3.63) is 59.1 Å². The SMILES string of the molecule is N#Cc1cccc(NC(=O)CSc2n[nH]c(-c3ccc(Cl)cc3)n2)c1. The number of hydrogen-bond acceptors (Lipinski definition) is 5. The van der Waals surface area contributed by atoms with Gasteiger partial charge in [0.25, 0.3) is 0 Å². The first-order valence-corrected chi connectivity index (χ1v) is 8.61. The number of aromatic amines is 1. The molecule has 0 aliphatic rings. The fourth-order valence-corrected chi connectivity index (χ4v) is 2.77. The van der Waals surface area contributed by atoms with Gasteiger partial charge in [-0.15, -0.1) is 5.10 Å². The zero-order valence-corrected chi connectivity index (χ0v) is 14.4. The van der Waals surface area contributed by atoms with Gasteiger partial charge >= 0.3 is 0 Å². The molecule has 0 saturated heterocycles. The zero-order chi connectivity index (χ0) is 17.6. The van der Waals surface area contributed by atoms with Gasteiger partial charge in [-0.3, -0.25) is 9.89 Å². The van der Waals surface area contributed by atoms with Crippen LogP contribution in [0.1, 0.15) is 5.56 Å². The van der Waals surface area contributed by atoms with Crippen molar-refractivity contribution in [3.8, 4) is 17.5 Å². The minimum absolute atomic E-state index is 0.161. The van der Waals surface area contributed by atoms with Crippen LogP contribution in [0.3, 0.4) is 0 Å². The van der Waals surface area contributed by atoms with Gasteiger partial charge < -0.3 is 5.32 Å². The third kappa shape index (κ3) is 4.59. The first-order valence-electron chi connectivity index (χ1n) is 7.25. The Labute approximate surface area is 153 Å². The first-order chi connectivity index (χ1) is 12.1. The van der Waals surface area contributed by atoms with Crippen LogP contribution in [0.25, 0.3) is 11.4 Å². The van der Waals surface area contributed by atoms with Gasteiger partial charge in [-0.25, -0.2) is 4.98 Å². The number of amides is 1. The molecule has 2 aromatic carbocycles. The molecular formula is C17H12ClN5OS. The second-order valence-electron chi connectivity index (χ2n) is 5.00. The number of nitriles is 1. The molecule has 2 N–H and O–H groups in total. The Hall–Kier alpha value is -2.82. The Morgan fingerprint density at radius 1 is 1.28 bits per heavy atom. The van der Waals surface area contributed by atoms with Crippen molar-refractivity contribution in [1.82, 2.24) is 15.2 Å². The van der Waals surface area contributed by atoms with Crippen molar-refractivity contribution in [2.75, 3.05) is 11.1 Å². The van der Waals surface area contributed by atoms with Crippen LogP contribution >= 0.6 is 23.4 Å².